The van der Waals surface area contributed by atoms with Gasteiger partial charge in [-0.25, -0.2) is 9.78 Å². The Morgan fingerprint density at radius 3 is 2.68 bits per heavy atom. The van der Waals surface area contributed by atoms with Crippen LogP contribution in [0.3, 0.4) is 0 Å². The van der Waals surface area contributed by atoms with Gasteiger partial charge in [0.25, 0.3) is 0 Å². The molecule has 0 unspecified atom stereocenters. The lowest BCUT2D eigenvalue weighted by Crippen LogP contribution is -2.24. The topological polar surface area (TPSA) is 112 Å². The van der Waals surface area contributed by atoms with Gasteiger partial charge < -0.3 is 24.7 Å². The summed E-state index contributed by atoms with van der Waals surface area (Å²) in [5, 5.41) is 11.8. The quantitative estimate of drug-likeness (QED) is 0.253. The number of carbonyl (C=O) groups is 2. The van der Waals surface area contributed by atoms with E-state index in [1.807, 2.05) is 40.4 Å². The highest BCUT2D eigenvalue weighted by atomic mass is 16.5. The molecule has 2 N–H and O–H groups in total. The SMILES string of the molecule is CCn1nc(C)c(CNc2cnc3c(c2)c(NC(=O)[C@H]2CCOC2)c(C(=O)OC)n3CCCc2ccccc2)c1C. The Hall–Kier alpha value is -4.18. The van der Waals surface area contributed by atoms with E-state index in [2.05, 4.69) is 41.7 Å². The van der Waals surface area contributed by atoms with E-state index < -0.39 is 5.97 Å². The maximum atomic E-state index is 13.2. The first-order chi connectivity index (χ1) is 19.9. The van der Waals surface area contributed by atoms with Crippen LogP contribution in [-0.2, 0) is 40.3 Å². The van der Waals surface area contributed by atoms with E-state index in [1.165, 1.54) is 12.7 Å². The van der Waals surface area contributed by atoms with Gasteiger partial charge in [0.05, 0.1) is 42.9 Å². The van der Waals surface area contributed by atoms with Crippen molar-refractivity contribution in [2.75, 3.05) is 31.0 Å². The van der Waals surface area contributed by atoms with Gasteiger partial charge in [-0.2, -0.15) is 5.10 Å². The Morgan fingerprint density at radius 1 is 1.20 bits per heavy atom. The number of hydrogen-bond acceptors (Lipinski definition) is 7. The number of fused-ring (bicyclic) bond motifs is 1. The minimum absolute atomic E-state index is 0.174. The molecule has 216 valence electrons. The summed E-state index contributed by atoms with van der Waals surface area (Å²) < 4.78 is 14.5. The number of ether oxygens (including phenoxy) is 2. The molecule has 4 heterocycles. The molecular weight excluding hydrogens is 520 g/mol. The Morgan fingerprint density at radius 2 is 2.00 bits per heavy atom. The van der Waals surface area contributed by atoms with Gasteiger partial charge >= 0.3 is 5.97 Å². The summed E-state index contributed by atoms with van der Waals surface area (Å²) in [6.45, 7) is 8.99. The molecule has 0 spiro atoms. The number of methoxy groups -OCH3 is 1. The van der Waals surface area contributed by atoms with Crippen LogP contribution in [0.15, 0.2) is 42.6 Å². The van der Waals surface area contributed by atoms with Crippen molar-refractivity contribution < 1.29 is 19.1 Å². The first kappa shape index (κ1) is 28.4. The van der Waals surface area contributed by atoms with Crippen molar-refractivity contribution in [2.24, 2.45) is 5.92 Å². The predicted molar refractivity (Wildman–Crippen MR) is 158 cm³/mol. The van der Waals surface area contributed by atoms with Gasteiger partial charge in [-0.15, -0.1) is 0 Å². The molecule has 41 heavy (non-hydrogen) atoms. The van der Waals surface area contributed by atoms with Crippen LogP contribution in [0.5, 0.6) is 0 Å². The Bertz CT molecular complexity index is 1540. The highest BCUT2D eigenvalue weighted by Gasteiger charge is 2.30. The molecule has 1 aliphatic rings. The lowest BCUT2D eigenvalue weighted by Gasteiger charge is -2.12. The number of aromatic nitrogens is 4. The number of nitrogens with one attached hydrogen (secondary N) is 2. The fourth-order valence-corrected chi connectivity index (χ4v) is 5.52. The molecule has 10 heteroatoms. The van der Waals surface area contributed by atoms with Crippen molar-refractivity contribution in [2.45, 2.75) is 59.7 Å². The zero-order valence-electron chi connectivity index (χ0n) is 24.2. The molecule has 3 aromatic heterocycles. The number of rotatable bonds is 11. The average Bonchev–Trinajstić information content (AvgIpc) is 3.70. The number of benzene rings is 1. The third kappa shape index (κ3) is 5.97. The summed E-state index contributed by atoms with van der Waals surface area (Å²) in [4.78, 5) is 31.2. The van der Waals surface area contributed by atoms with E-state index in [0.29, 0.717) is 55.1 Å². The van der Waals surface area contributed by atoms with Gasteiger partial charge in [0.2, 0.25) is 5.91 Å². The van der Waals surface area contributed by atoms with Gasteiger partial charge in [-0.05, 0) is 51.7 Å². The fourth-order valence-electron chi connectivity index (χ4n) is 5.52. The van der Waals surface area contributed by atoms with E-state index in [0.717, 1.165) is 42.0 Å². The zero-order valence-corrected chi connectivity index (χ0v) is 24.2. The summed E-state index contributed by atoms with van der Waals surface area (Å²) in [5.41, 5.74) is 6.57. The maximum absolute atomic E-state index is 13.2. The smallest absolute Gasteiger partial charge is 0.356 e. The fraction of sp³-hybridized carbons (Fsp3) is 0.419. The lowest BCUT2D eigenvalue weighted by atomic mass is 10.1. The van der Waals surface area contributed by atoms with Crippen LogP contribution < -0.4 is 10.6 Å². The Balaban J connectivity index is 1.50. The number of aryl methyl sites for hydroxylation is 4. The number of pyridine rings is 1. The van der Waals surface area contributed by atoms with Gasteiger partial charge in [0, 0.05) is 42.9 Å². The van der Waals surface area contributed by atoms with Crippen LogP contribution in [0.1, 0.15) is 52.8 Å². The second-order valence-electron chi connectivity index (χ2n) is 10.4. The van der Waals surface area contributed by atoms with Crippen LogP contribution in [0, 0.1) is 19.8 Å². The van der Waals surface area contributed by atoms with E-state index in [4.69, 9.17) is 14.5 Å². The predicted octanol–water partition coefficient (Wildman–Crippen LogP) is 4.88. The molecule has 5 rings (SSSR count). The monoisotopic (exact) mass is 558 g/mol. The molecule has 0 bridgehead atoms. The number of hydrogen-bond donors (Lipinski definition) is 2. The summed E-state index contributed by atoms with van der Waals surface area (Å²) in [6, 6.07) is 12.2. The number of amides is 1. The van der Waals surface area contributed by atoms with Crippen LogP contribution in [0.4, 0.5) is 11.4 Å². The highest BCUT2D eigenvalue weighted by molar-refractivity contribution is 6.11. The van der Waals surface area contributed by atoms with E-state index in [9.17, 15) is 9.59 Å². The van der Waals surface area contributed by atoms with Crippen LogP contribution in [-0.4, -0.2) is 51.5 Å². The third-order valence-corrected chi connectivity index (χ3v) is 7.82. The van der Waals surface area contributed by atoms with Crippen LogP contribution >= 0.6 is 0 Å². The van der Waals surface area contributed by atoms with E-state index in [-0.39, 0.29) is 11.8 Å². The molecule has 4 aromatic rings. The largest absolute Gasteiger partial charge is 0.464 e. The molecule has 1 amide bonds. The summed E-state index contributed by atoms with van der Waals surface area (Å²) in [7, 11) is 1.35. The molecule has 1 atom stereocenters. The molecular formula is C31H38N6O4. The second-order valence-corrected chi connectivity index (χ2v) is 10.4. The summed E-state index contributed by atoms with van der Waals surface area (Å²) >= 11 is 0. The number of anilines is 2. The van der Waals surface area contributed by atoms with Crippen LogP contribution in [0.25, 0.3) is 11.0 Å². The first-order valence-electron chi connectivity index (χ1n) is 14.2. The van der Waals surface area contributed by atoms with Crippen molar-refractivity contribution in [3.05, 3.63) is 70.8 Å². The van der Waals surface area contributed by atoms with Gasteiger partial charge in [0.1, 0.15) is 5.65 Å². The van der Waals surface area contributed by atoms with Crippen LogP contribution in [0.2, 0.25) is 0 Å². The maximum Gasteiger partial charge on any atom is 0.356 e. The van der Waals surface area contributed by atoms with Crippen molar-refractivity contribution in [1.82, 2.24) is 19.3 Å². The minimum Gasteiger partial charge on any atom is -0.464 e. The van der Waals surface area contributed by atoms with Gasteiger partial charge in [-0.1, -0.05) is 30.3 Å². The second kappa shape index (κ2) is 12.6. The normalized spacial score (nSPS) is 14.9. The first-order valence-corrected chi connectivity index (χ1v) is 14.2. The summed E-state index contributed by atoms with van der Waals surface area (Å²) in [5.74, 6) is -0.965. The number of carbonyl (C=O) groups excluding carboxylic acids is 2. The molecule has 1 aliphatic heterocycles. The Kier molecular flexibility index (Phi) is 8.68. The van der Waals surface area contributed by atoms with Crippen molar-refractivity contribution in [3.8, 4) is 0 Å². The Labute approximate surface area is 240 Å². The molecule has 0 saturated carbocycles. The molecule has 1 saturated heterocycles. The summed E-state index contributed by atoms with van der Waals surface area (Å²) in [6.07, 6.45) is 4.03. The van der Waals surface area contributed by atoms with Crippen molar-refractivity contribution in [3.63, 3.8) is 0 Å². The lowest BCUT2D eigenvalue weighted by molar-refractivity contribution is -0.119. The van der Waals surface area contributed by atoms with Crippen molar-refractivity contribution in [1.29, 1.82) is 0 Å². The zero-order chi connectivity index (χ0) is 28.9. The van der Waals surface area contributed by atoms with E-state index in [1.54, 1.807) is 6.20 Å². The van der Waals surface area contributed by atoms with Gasteiger partial charge in [-0.3, -0.25) is 9.48 Å². The third-order valence-electron chi connectivity index (χ3n) is 7.82. The average molecular weight is 559 g/mol. The van der Waals surface area contributed by atoms with Gasteiger partial charge in [0.15, 0.2) is 5.69 Å². The molecule has 0 aliphatic carbocycles. The standard InChI is InChI=1S/C31H38N6O4/c1-5-37-21(3)26(20(2)35-37)18-32-24-16-25-27(34-30(38)23-13-15-41-19-23)28(31(39)40-4)36(29(25)33-17-24)14-9-12-22-10-7-6-8-11-22/h6-8,10-11,16-17,23,32H,5,9,12-15,18-19H2,1-4H3,(H,34,38)/t23-/m0/s1. The van der Waals surface area contributed by atoms with E-state index >= 15 is 0 Å². The molecule has 0 radical (unpaired) electrons. The highest BCUT2D eigenvalue weighted by Crippen LogP contribution is 2.34. The molecule has 1 fully saturated rings. The van der Waals surface area contributed by atoms with Crippen molar-refractivity contribution >= 4 is 34.3 Å². The number of nitrogens with zero attached hydrogens (tertiary/aromatic N) is 4. The number of esters is 1. The molecule has 10 nitrogen and oxygen atoms in total. The minimum atomic E-state index is -0.520. The molecule has 1 aromatic carbocycles.